The first-order valence-electron chi connectivity index (χ1n) is 3.87. The molecule has 1 heterocycles. The number of rotatable bonds is 2. The predicted octanol–water partition coefficient (Wildman–Crippen LogP) is 0.338. The summed E-state index contributed by atoms with van der Waals surface area (Å²) in [6.07, 6.45) is 0.906. The largest absolute Gasteiger partial charge is 0.379 e. The van der Waals surface area contributed by atoms with Gasteiger partial charge in [0.05, 0.1) is 19.4 Å². The molecule has 1 rings (SSSR count). The zero-order chi connectivity index (χ0) is 7.40. The van der Waals surface area contributed by atoms with Gasteiger partial charge in [0.1, 0.15) is 0 Å². The standard InChI is InChI=1S/C7H15N2O/c1-2-7(8)9-3-5-10-6-4-9/h7-8H,2-6H2,1H3. The van der Waals surface area contributed by atoms with Crippen LogP contribution in [0.3, 0.4) is 0 Å². The highest BCUT2D eigenvalue weighted by molar-refractivity contribution is 4.66. The fraction of sp³-hybridized carbons (Fsp3) is 1.00. The van der Waals surface area contributed by atoms with Crippen molar-refractivity contribution in [3.8, 4) is 0 Å². The fourth-order valence-corrected chi connectivity index (χ4v) is 1.15. The van der Waals surface area contributed by atoms with Gasteiger partial charge in [0, 0.05) is 13.1 Å². The van der Waals surface area contributed by atoms with Gasteiger partial charge in [-0.15, -0.1) is 0 Å². The number of ether oxygens (including phenoxy) is 1. The van der Waals surface area contributed by atoms with Crippen LogP contribution in [0.2, 0.25) is 0 Å². The highest BCUT2D eigenvalue weighted by atomic mass is 16.5. The molecule has 1 fully saturated rings. The molecule has 0 bridgehead atoms. The SMILES string of the molecule is CCC([NH])N1CCOCC1. The lowest BCUT2D eigenvalue weighted by molar-refractivity contribution is 0.0154. The maximum atomic E-state index is 7.59. The van der Waals surface area contributed by atoms with E-state index in [1.807, 2.05) is 6.92 Å². The normalized spacial score (nSPS) is 24.6. The Morgan fingerprint density at radius 3 is 2.60 bits per heavy atom. The van der Waals surface area contributed by atoms with Crippen molar-refractivity contribution in [1.82, 2.24) is 10.6 Å². The molecule has 1 saturated heterocycles. The zero-order valence-electron chi connectivity index (χ0n) is 6.47. The van der Waals surface area contributed by atoms with Crippen LogP contribution >= 0.6 is 0 Å². The lowest BCUT2D eigenvalue weighted by Gasteiger charge is -2.30. The Labute approximate surface area is 62.1 Å². The highest BCUT2D eigenvalue weighted by Crippen LogP contribution is 2.02. The summed E-state index contributed by atoms with van der Waals surface area (Å²) >= 11 is 0. The predicted molar refractivity (Wildman–Crippen MR) is 39.6 cm³/mol. The number of nitrogens with one attached hydrogen (secondary N) is 1. The van der Waals surface area contributed by atoms with Crippen molar-refractivity contribution < 1.29 is 4.74 Å². The molecule has 3 nitrogen and oxygen atoms in total. The van der Waals surface area contributed by atoms with Gasteiger partial charge >= 0.3 is 0 Å². The van der Waals surface area contributed by atoms with Crippen molar-refractivity contribution in [2.24, 2.45) is 0 Å². The third kappa shape index (κ3) is 1.94. The Bertz CT molecular complexity index is 91.6. The number of nitrogens with zero attached hydrogens (tertiary/aromatic N) is 1. The van der Waals surface area contributed by atoms with Crippen LogP contribution in [0, 0.1) is 0 Å². The van der Waals surface area contributed by atoms with Crippen LogP contribution in [0.1, 0.15) is 13.3 Å². The van der Waals surface area contributed by atoms with Crippen LogP contribution in [0.5, 0.6) is 0 Å². The van der Waals surface area contributed by atoms with Gasteiger partial charge in [-0.05, 0) is 6.42 Å². The minimum atomic E-state index is -0.0103. The third-order valence-electron chi connectivity index (χ3n) is 1.87. The lowest BCUT2D eigenvalue weighted by atomic mass is 10.3. The van der Waals surface area contributed by atoms with Crippen molar-refractivity contribution in [3.63, 3.8) is 0 Å². The molecule has 0 amide bonds. The summed E-state index contributed by atoms with van der Waals surface area (Å²) in [4.78, 5) is 2.16. The van der Waals surface area contributed by atoms with Gasteiger partial charge in [-0.2, -0.15) is 0 Å². The van der Waals surface area contributed by atoms with Crippen LogP contribution in [-0.2, 0) is 4.74 Å². The van der Waals surface area contributed by atoms with E-state index in [9.17, 15) is 0 Å². The van der Waals surface area contributed by atoms with Gasteiger partial charge < -0.3 is 4.74 Å². The maximum absolute atomic E-state index is 7.59. The average molecular weight is 143 g/mol. The Hall–Kier alpha value is -0.120. The van der Waals surface area contributed by atoms with Crippen molar-refractivity contribution >= 4 is 0 Å². The molecule has 1 radical (unpaired) electrons. The van der Waals surface area contributed by atoms with E-state index >= 15 is 0 Å². The van der Waals surface area contributed by atoms with E-state index in [0.29, 0.717) is 0 Å². The zero-order valence-corrected chi connectivity index (χ0v) is 6.47. The molecule has 10 heavy (non-hydrogen) atoms. The Morgan fingerprint density at radius 2 is 2.10 bits per heavy atom. The molecule has 1 unspecified atom stereocenters. The van der Waals surface area contributed by atoms with Crippen molar-refractivity contribution in [1.29, 1.82) is 0 Å². The second kappa shape index (κ2) is 3.91. The summed E-state index contributed by atoms with van der Waals surface area (Å²) in [6, 6.07) is 0. The highest BCUT2D eigenvalue weighted by Gasteiger charge is 2.15. The van der Waals surface area contributed by atoms with Gasteiger partial charge in [-0.3, -0.25) is 4.90 Å². The number of morpholine rings is 1. The number of hydrogen-bond donors (Lipinski definition) is 0. The average Bonchev–Trinajstić information content (AvgIpc) is 2.05. The molecule has 0 aliphatic carbocycles. The van der Waals surface area contributed by atoms with Crippen molar-refractivity contribution in [2.75, 3.05) is 26.3 Å². The summed E-state index contributed by atoms with van der Waals surface area (Å²) in [5.41, 5.74) is 7.59. The van der Waals surface area contributed by atoms with Crippen LogP contribution in [0.15, 0.2) is 0 Å². The molecular formula is C7H15N2O. The monoisotopic (exact) mass is 143 g/mol. The molecule has 1 aliphatic rings. The van der Waals surface area contributed by atoms with Crippen LogP contribution in [0.4, 0.5) is 0 Å². The Morgan fingerprint density at radius 1 is 1.50 bits per heavy atom. The topological polar surface area (TPSA) is 36.3 Å². The second-order valence-electron chi connectivity index (χ2n) is 2.57. The molecule has 0 spiro atoms. The molecule has 1 N–H and O–H groups in total. The molecule has 1 atom stereocenters. The van der Waals surface area contributed by atoms with E-state index < -0.39 is 0 Å². The summed E-state index contributed by atoms with van der Waals surface area (Å²) < 4.78 is 5.17. The second-order valence-corrected chi connectivity index (χ2v) is 2.57. The summed E-state index contributed by atoms with van der Waals surface area (Å²) in [6.45, 7) is 5.52. The van der Waals surface area contributed by atoms with E-state index in [1.165, 1.54) is 0 Å². The molecule has 59 valence electrons. The first-order valence-corrected chi connectivity index (χ1v) is 3.87. The minimum absolute atomic E-state index is 0.0103. The first-order chi connectivity index (χ1) is 4.84. The van der Waals surface area contributed by atoms with Crippen molar-refractivity contribution in [3.05, 3.63) is 0 Å². The lowest BCUT2D eigenvalue weighted by Crippen LogP contribution is -2.43. The molecule has 0 aromatic rings. The summed E-state index contributed by atoms with van der Waals surface area (Å²) in [5, 5.41) is 0. The van der Waals surface area contributed by atoms with Crippen LogP contribution in [-0.4, -0.2) is 37.4 Å². The number of hydrogen-bond acceptors (Lipinski definition) is 2. The first kappa shape index (κ1) is 7.98. The van der Waals surface area contributed by atoms with E-state index in [-0.39, 0.29) is 6.17 Å². The maximum Gasteiger partial charge on any atom is 0.0728 e. The van der Waals surface area contributed by atoms with Crippen molar-refractivity contribution in [2.45, 2.75) is 19.5 Å². The molecular weight excluding hydrogens is 128 g/mol. The molecule has 1 aliphatic heterocycles. The Balaban J connectivity index is 2.24. The van der Waals surface area contributed by atoms with Gasteiger partial charge in [0.15, 0.2) is 0 Å². The van der Waals surface area contributed by atoms with Crippen LogP contribution < -0.4 is 5.73 Å². The molecule has 3 heteroatoms. The third-order valence-corrected chi connectivity index (χ3v) is 1.87. The van der Waals surface area contributed by atoms with E-state index in [4.69, 9.17) is 10.5 Å². The minimum Gasteiger partial charge on any atom is -0.379 e. The summed E-state index contributed by atoms with van der Waals surface area (Å²) in [7, 11) is 0. The molecule has 0 aromatic carbocycles. The smallest absolute Gasteiger partial charge is 0.0728 e. The Kier molecular flexibility index (Phi) is 3.12. The van der Waals surface area contributed by atoms with E-state index in [1.54, 1.807) is 0 Å². The quantitative estimate of drug-likeness (QED) is 0.558. The summed E-state index contributed by atoms with van der Waals surface area (Å²) in [5.74, 6) is 0. The van der Waals surface area contributed by atoms with E-state index in [0.717, 1.165) is 32.7 Å². The van der Waals surface area contributed by atoms with Gasteiger partial charge in [-0.1, -0.05) is 6.92 Å². The van der Waals surface area contributed by atoms with Gasteiger partial charge in [0.25, 0.3) is 0 Å². The van der Waals surface area contributed by atoms with Gasteiger partial charge in [-0.25, -0.2) is 5.73 Å². The van der Waals surface area contributed by atoms with Gasteiger partial charge in [0.2, 0.25) is 0 Å². The molecule has 0 aromatic heterocycles. The molecule has 0 saturated carbocycles. The van der Waals surface area contributed by atoms with Crippen LogP contribution in [0.25, 0.3) is 0 Å². The van der Waals surface area contributed by atoms with E-state index in [2.05, 4.69) is 4.90 Å². The fourth-order valence-electron chi connectivity index (χ4n) is 1.15.